The number of carbonyl (C=O) groups excluding carboxylic acids is 1. The number of anilines is 1. The first-order chi connectivity index (χ1) is 8.16. The van der Waals surface area contributed by atoms with Crippen molar-refractivity contribution in [1.29, 1.82) is 0 Å². The first kappa shape index (κ1) is 11.9. The van der Waals surface area contributed by atoms with Gasteiger partial charge in [0.1, 0.15) is 5.82 Å². The van der Waals surface area contributed by atoms with E-state index in [1.165, 1.54) is 0 Å². The van der Waals surface area contributed by atoms with Gasteiger partial charge in [-0.3, -0.25) is 9.89 Å². The fraction of sp³-hybridized carbons (Fsp3) is 0.0909. The highest BCUT2D eigenvalue weighted by Gasteiger charge is 2.06. The highest BCUT2D eigenvalue weighted by atomic mass is 127. The Morgan fingerprint density at radius 3 is 2.71 bits per heavy atom. The molecule has 0 saturated carbocycles. The molecule has 1 aromatic carbocycles. The molecule has 1 amide bonds. The van der Waals surface area contributed by atoms with Gasteiger partial charge in [-0.15, -0.1) is 0 Å². The van der Waals surface area contributed by atoms with Crippen LogP contribution in [0.4, 0.5) is 5.82 Å². The third-order valence-corrected chi connectivity index (χ3v) is 3.02. The zero-order valence-corrected chi connectivity index (χ0v) is 11.1. The summed E-state index contributed by atoms with van der Waals surface area (Å²) < 4.78 is 1.10. The molecule has 6 heteroatoms. The van der Waals surface area contributed by atoms with Crippen LogP contribution >= 0.6 is 22.6 Å². The molecular weight excluding hydrogens is 331 g/mol. The van der Waals surface area contributed by atoms with Gasteiger partial charge in [0, 0.05) is 21.2 Å². The second-order valence-corrected chi connectivity index (χ2v) is 4.74. The van der Waals surface area contributed by atoms with Crippen LogP contribution in [0.1, 0.15) is 15.9 Å². The van der Waals surface area contributed by atoms with Crippen molar-refractivity contribution < 1.29 is 4.79 Å². The maximum absolute atomic E-state index is 11.8. The predicted molar refractivity (Wildman–Crippen MR) is 73.3 cm³/mol. The summed E-state index contributed by atoms with van der Waals surface area (Å²) in [6.45, 7) is 0.368. The molecule has 5 nitrogen and oxygen atoms in total. The number of rotatable bonds is 3. The Bertz CT molecular complexity index is 521. The maximum Gasteiger partial charge on any atom is 0.251 e. The van der Waals surface area contributed by atoms with Gasteiger partial charge in [0.15, 0.2) is 0 Å². The number of hydrogen-bond acceptors (Lipinski definition) is 3. The van der Waals surface area contributed by atoms with Crippen molar-refractivity contribution in [3.8, 4) is 0 Å². The van der Waals surface area contributed by atoms with Crippen LogP contribution in [0.3, 0.4) is 0 Å². The summed E-state index contributed by atoms with van der Waals surface area (Å²) in [7, 11) is 0. The minimum Gasteiger partial charge on any atom is -0.384 e. The fourth-order valence-corrected chi connectivity index (χ4v) is 1.70. The van der Waals surface area contributed by atoms with Crippen LogP contribution in [0.5, 0.6) is 0 Å². The molecule has 0 atom stereocenters. The Morgan fingerprint density at radius 1 is 1.41 bits per heavy atom. The summed E-state index contributed by atoms with van der Waals surface area (Å²) in [5.74, 6) is 0.356. The van der Waals surface area contributed by atoms with Gasteiger partial charge in [-0.2, -0.15) is 5.10 Å². The molecule has 1 aromatic heterocycles. The number of aromatic amines is 1. The van der Waals surface area contributed by atoms with Crippen LogP contribution in [-0.2, 0) is 6.54 Å². The molecule has 0 aliphatic rings. The van der Waals surface area contributed by atoms with Crippen LogP contribution in [0.25, 0.3) is 0 Å². The molecule has 0 bridgehead atoms. The molecule has 0 aliphatic carbocycles. The standard InChI is InChI=1S/C11H11IN4O/c12-9-3-1-7(2-4-9)11(17)14-5-8-6-15-16-10(8)13/h1-4,6H,5H2,(H,14,17)(H3,13,15,16). The average Bonchev–Trinajstić information content (AvgIpc) is 2.73. The largest absolute Gasteiger partial charge is 0.384 e. The van der Waals surface area contributed by atoms with Crippen molar-refractivity contribution >= 4 is 34.3 Å². The zero-order valence-electron chi connectivity index (χ0n) is 8.90. The number of hydrogen-bond donors (Lipinski definition) is 3. The van der Waals surface area contributed by atoms with E-state index in [9.17, 15) is 4.79 Å². The third kappa shape index (κ3) is 2.96. The van der Waals surface area contributed by atoms with Gasteiger partial charge in [0.05, 0.1) is 6.20 Å². The maximum atomic E-state index is 11.8. The smallest absolute Gasteiger partial charge is 0.251 e. The normalized spacial score (nSPS) is 10.2. The highest BCUT2D eigenvalue weighted by Crippen LogP contribution is 2.08. The van der Waals surface area contributed by atoms with Gasteiger partial charge >= 0.3 is 0 Å². The summed E-state index contributed by atoms with van der Waals surface area (Å²) in [6, 6.07) is 7.36. The lowest BCUT2D eigenvalue weighted by Gasteiger charge is -2.04. The van der Waals surface area contributed by atoms with E-state index < -0.39 is 0 Å². The number of nitrogens with one attached hydrogen (secondary N) is 2. The number of aromatic nitrogens is 2. The van der Waals surface area contributed by atoms with Crippen molar-refractivity contribution in [3.05, 3.63) is 45.2 Å². The second-order valence-electron chi connectivity index (χ2n) is 3.50. The molecule has 0 unspecified atom stereocenters. The van der Waals surface area contributed by atoms with E-state index in [2.05, 4.69) is 38.1 Å². The summed E-state index contributed by atoms with van der Waals surface area (Å²) in [5.41, 5.74) is 7.03. The Morgan fingerprint density at radius 2 is 2.12 bits per heavy atom. The van der Waals surface area contributed by atoms with Gasteiger partial charge in [-0.25, -0.2) is 0 Å². The molecule has 4 N–H and O–H groups in total. The van der Waals surface area contributed by atoms with E-state index in [0.717, 1.165) is 9.13 Å². The van der Waals surface area contributed by atoms with Crippen molar-refractivity contribution in [3.63, 3.8) is 0 Å². The van der Waals surface area contributed by atoms with Crippen molar-refractivity contribution in [2.24, 2.45) is 0 Å². The lowest BCUT2D eigenvalue weighted by Crippen LogP contribution is -2.22. The van der Waals surface area contributed by atoms with Crippen LogP contribution in [-0.4, -0.2) is 16.1 Å². The SMILES string of the molecule is Nc1[nH]ncc1CNC(=O)c1ccc(I)cc1. The summed E-state index contributed by atoms with van der Waals surface area (Å²) in [4.78, 5) is 11.8. The average molecular weight is 342 g/mol. The van der Waals surface area contributed by atoms with E-state index >= 15 is 0 Å². The first-order valence-electron chi connectivity index (χ1n) is 4.98. The predicted octanol–water partition coefficient (Wildman–Crippen LogP) is 1.53. The summed E-state index contributed by atoms with van der Waals surface area (Å²) in [5, 5.41) is 9.18. The number of halogens is 1. The molecule has 2 rings (SSSR count). The molecule has 88 valence electrons. The van der Waals surface area contributed by atoms with Gasteiger partial charge in [0.25, 0.3) is 5.91 Å². The van der Waals surface area contributed by atoms with Crippen LogP contribution in [0.15, 0.2) is 30.5 Å². The minimum absolute atomic E-state index is 0.123. The Kier molecular flexibility index (Phi) is 3.62. The molecular formula is C11H11IN4O. The monoisotopic (exact) mass is 342 g/mol. The fourth-order valence-electron chi connectivity index (χ4n) is 1.34. The molecule has 0 saturated heterocycles. The number of nitrogens with two attached hydrogens (primary N) is 1. The van der Waals surface area contributed by atoms with E-state index in [4.69, 9.17) is 5.73 Å². The number of carbonyl (C=O) groups is 1. The van der Waals surface area contributed by atoms with E-state index in [0.29, 0.717) is 17.9 Å². The molecule has 0 fully saturated rings. The minimum atomic E-state index is -0.123. The highest BCUT2D eigenvalue weighted by molar-refractivity contribution is 14.1. The lowest BCUT2D eigenvalue weighted by molar-refractivity contribution is 0.0951. The Hall–Kier alpha value is -1.57. The molecule has 1 heterocycles. The van der Waals surface area contributed by atoms with Crippen LogP contribution in [0.2, 0.25) is 0 Å². The van der Waals surface area contributed by atoms with E-state index in [1.54, 1.807) is 18.3 Å². The number of nitrogen functional groups attached to an aromatic ring is 1. The molecule has 2 aromatic rings. The van der Waals surface area contributed by atoms with E-state index in [-0.39, 0.29) is 5.91 Å². The van der Waals surface area contributed by atoms with E-state index in [1.807, 2.05) is 12.1 Å². The quantitative estimate of drug-likeness (QED) is 0.740. The van der Waals surface area contributed by atoms with Crippen LogP contribution < -0.4 is 11.1 Å². The van der Waals surface area contributed by atoms with Gasteiger partial charge in [0.2, 0.25) is 0 Å². The topological polar surface area (TPSA) is 83.8 Å². The summed E-state index contributed by atoms with van der Waals surface area (Å²) >= 11 is 2.19. The van der Waals surface area contributed by atoms with Gasteiger partial charge < -0.3 is 11.1 Å². The molecule has 0 spiro atoms. The first-order valence-corrected chi connectivity index (χ1v) is 6.06. The van der Waals surface area contributed by atoms with Crippen molar-refractivity contribution in [2.45, 2.75) is 6.54 Å². The molecule has 17 heavy (non-hydrogen) atoms. The third-order valence-electron chi connectivity index (χ3n) is 2.30. The number of H-pyrrole nitrogens is 1. The molecule has 0 radical (unpaired) electrons. The zero-order chi connectivity index (χ0) is 12.3. The summed E-state index contributed by atoms with van der Waals surface area (Å²) in [6.07, 6.45) is 1.60. The van der Waals surface area contributed by atoms with Gasteiger partial charge in [-0.05, 0) is 46.9 Å². The van der Waals surface area contributed by atoms with Crippen molar-refractivity contribution in [1.82, 2.24) is 15.5 Å². The molecule has 0 aliphatic heterocycles. The second kappa shape index (κ2) is 5.17. The Balaban J connectivity index is 1.98. The van der Waals surface area contributed by atoms with Gasteiger partial charge in [-0.1, -0.05) is 0 Å². The Labute approximate surface area is 112 Å². The number of nitrogens with zero attached hydrogens (tertiary/aromatic N) is 1. The lowest BCUT2D eigenvalue weighted by atomic mass is 10.2. The van der Waals surface area contributed by atoms with Crippen LogP contribution in [0, 0.1) is 3.57 Å². The number of amides is 1. The number of benzene rings is 1. The van der Waals surface area contributed by atoms with Crippen molar-refractivity contribution in [2.75, 3.05) is 5.73 Å².